The Bertz CT molecular complexity index is 978. The number of ether oxygens (including phenoxy) is 2. The van der Waals surface area contributed by atoms with Gasteiger partial charge in [0.25, 0.3) is 5.91 Å². The third-order valence-electron chi connectivity index (χ3n) is 5.59. The number of likely N-dealkylation sites (tertiary alicyclic amines) is 1. The van der Waals surface area contributed by atoms with Crippen LogP contribution in [0, 0.1) is 6.92 Å². The fourth-order valence-corrected chi connectivity index (χ4v) is 3.67. The molecule has 6 nitrogen and oxygen atoms in total. The van der Waals surface area contributed by atoms with Crippen LogP contribution >= 0.6 is 0 Å². The first-order chi connectivity index (χ1) is 15.5. The molecule has 0 aliphatic carbocycles. The third-order valence-corrected chi connectivity index (χ3v) is 5.59. The average molecular weight is 437 g/mol. The van der Waals surface area contributed by atoms with Crippen LogP contribution in [-0.2, 0) is 4.79 Å². The molecule has 0 spiro atoms. The van der Waals surface area contributed by atoms with E-state index in [0.29, 0.717) is 29.4 Å². The highest BCUT2D eigenvalue weighted by molar-refractivity contribution is 6.04. The molecule has 1 N–H and O–H groups in total. The van der Waals surface area contributed by atoms with Gasteiger partial charge in [-0.2, -0.15) is 0 Å². The Balaban J connectivity index is 1.66. The zero-order valence-electron chi connectivity index (χ0n) is 19.1. The highest BCUT2D eigenvalue weighted by Crippen LogP contribution is 2.29. The van der Waals surface area contributed by atoms with Crippen LogP contribution in [0.5, 0.6) is 11.5 Å². The van der Waals surface area contributed by atoms with Gasteiger partial charge in [-0.15, -0.1) is 0 Å². The predicted molar refractivity (Wildman–Crippen MR) is 127 cm³/mol. The summed E-state index contributed by atoms with van der Waals surface area (Å²) in [6.07, 6.45) is 7.33. The summed E-state index contributed by atoms with van der Waals surface area (Å²) in [5.41, 5.74) is 2.88. The van der Waals surface area contributed by atoms with Gasteiger partial charge in [-0.1, -0.05) is 25.5 Å². The Hall–Kier alpha value is -3.28. The minimum Gasteiger partial charge on any atom is -0.493 e. The summed E-state index contributed by atoms with van der Waals surface area (Å²) in [6.45, 7) is 6.21. The van der Waals surface area contributed by atoms with Crippen molar-refractivity contribution in [2.45, 2.75) is 39.5 Å². The highest BCUT2D eigenvalue weighted by atomic mass is 16.5. The van der Waals surface area contributed by atoms with E-state index < -0.39 is 0 Å². The van der Waals surface area contributed by atoms with Crippen molar-refractivity contribution < 1.29 is 19.1 Å². The molecule has 1 aliphatic rings. The first-order valence-corrected chi connectivity index (χ1v) is 11.2. The molecule has 1 fully saturated rings. The van der Waals surface area contributed by atoms with Crippen molar-refractivity contribution in [3.05, 3.63) is 59.2 Å². The topological polar surface area (TPSA) is 67.9 Å². The molecular formula is C26H32N2O4. The van der Waals surface area contributed by atoms with Crippen LogP contribution in [0.15, 0.2) is 42.5 Å². The number of nitrogens with one attached hydrogen (secondary N) is 1. The molecule has 0 aromatic heterocycles. The second-order valence-corrected chi connectivity index (χ2v) is 7.91. The van der Waals surface area contributed by atoms with E-state index in [2.05, 4.69) is 12.2 Å². The van der Waals surface area contributed by atoms with Gasteiger partial charge in [0.1, 0.15) is 0 Å². The minimum atomic E-state index is -0.263. The normalized spacial score (nSPS) is 13.4. The van der Waals surface area contributed by atoms with Crippen molar-refractivity contribution in [2.24, 2.45) is 0 Å². The summed E-state index contributed by atoms with van der Waals surface area (Å²) in [6, 6.07) is 11.0. The van der Waals surface area contributed by atoms with Gasteiger partial charge in [-0.05, 0) is 67.7 Å². The van der Waals surface area contributed by atoms with E-state index in [-0.39, 0.29) is 11.8 Å². The number of anilines is 1. The first kappa shape index (κ1) is 23.4. The van der Waals surface area contributed by atoms with Gasteiger partial charge < -0.3 is 19.7 Å². The lowest BCUT2D eigenvalue weighted by Crippen LogP contribution is -2.28. The number of carbonyl (C=O) groups is 2. The van der Waals surface area contributed by atoms with Crippen LogP contribution in [0.3, 0.4) is 0 Å². The maximum absolute atomic E-state index is 12.8. The Morgan fingerprint density at radius 2 is 1.91 bits per heavy atom. The van der Waals surface area contributed by atoms with Gasteiger partial charge in [0.2, 0.25) is 5.91 Å². The molecule has 0 unspecified atom stereocenters. The Labute approximate surface area is 190 Å². The number of rotatable bonds is 9. The van der Waals surface area contributed by atoms with E-state index in [0.717, 1.165) is 49.9 Å². The fraction of sp³-hybridized carbons (Fsp3) is 0.385. The van der Waals surface area contributed by atoms with Gasteiger partial charge in [0, 0.05) is 30.4 Å². The van der Waals surface area contributed by atoms with Crippen molar-refractivity contribution in [1.29, 1.82) is 0 Å². The molecule has 2 amide bonds. The lowest BCUT2D eigenvalue weighted by atomic mass is 10.1. The summed E-state index contributed by atoms with van der Waals surface area (Å²) in [5, 5.41) is 2.89. The van der Waals surface area contributed by atoms with Crippen molar-refractivity contribution in [2.75, 3.05) is 32.1 Å². The molecular weight excluding hydrogens is 404 g/mol. The number of carbonyl (C=O) groups excluding carboxylic acids is 2. The second-order valence-electron chi connectivity index (χ2n) is 7.91. The molecule has 1 saturated heterocycles. The fourth-order valence-electron chi connectivity index (χ4n) is 3.67. The molecule has 6 heteroatoms. The summed E-state index contributed by atoms with van der Waals surface area (Å²) in [7, 11) is 1.60. The average Bonchev–Trinajstić information content (AvgIpc) is 3.34. The number of hydrogen-bond donors (Lipinski definition) is 1. The van der Waals surface area contributed by atoms with Crippen molar-refractivity contribution >= 4 is 23.6 Å². The van der Waals surface area contributed by atoms with Crippen molar-refractivity contribution in [1.82, 2.24) is 4.90 Å². The maximum Gasteiger partial charge on any atom is 0.254 e. The van der Waals surface area contributed by atoms with Crippen LogP contribution in [0.25, 0.3) is 6.08 Å². The van der Waals surface area contributed by atoms with Crippen molar-refractivity contribution in [3.63, 3.8) is 0 Å². The van der Waals surface area contributed by atoms with Crippen LogP contribution in [0.1, 0.15) is 54.1 Å². The molecule has 0 bridgehead atoms. The Morgan fingerprint density at radius 1 is 1.12 bits per heavy atom. The zero-order chi connectivity index (χ0) is 22.9. The predicted octanol–water partition coefficient (Wildman–Crippen LogP) is 5.07. The molecule has 2 aromatic rings. The monoisotopic (exact) mass is 436 g/mol. The number of hydrogen-bond acceptors (Lipinski definition) is 4. The lowest BCUT2D eigenvalue weighted by Gasteiger charge is -2.18. The standard InChI is InChI=1S/C26H32N2O4/c1-4-5-17-32-23-13-11-20(18-24(23)31-3)12-14-25(29)27-22-10-8-9-21(19(22)2)26(30)28-15-6-7-16-28/h8-14,18H,4-7,15-17H2,1-3H3,(H,27,29)/b14-12+. The molecule has 170 valence electrons. The molecule has 0 atom stereocenters. The van der Waals surface area contributed by atoms with E-state index in [1.54, 1.807) is 19.3 Å². The molecule has 0 radical (unpaired) electrons. The summed E-state index contributed by atoms with van der Waals surface area (Å²) in [4.78, 5) is 27.2. The SMILES string of the molecule is CCCCOc1ccc(/C=C/C(=O)Nc2cccc(C(=O)N3CCCC3)c2C)cc1OC. The highest BCUT2D eigenvalue weighted by Gasteiger charge is 2.21. The maximum atomic E-state index is 12.8. The Morgan fingerprint density at radius 3 is 2.62 bits per heavy atom. The second kappa shape index (κ2) is 11.4. The Kier molecular flexibility index (Phi) is 8.31. The number of unbranched alkanes of at least 4 members (excludes halogenated alkanes) is 1. The van der Waals surface area contributed by atoms with Crippen molar-refractivity contribution in [3.8, 4) is 11.5 Å². The smallest absolute Gasteiger partial charge is 0.254 e. The van der Waals surface area contributed by atoms with Gasteiger partial charge in [0.15, 0.2) is 11.5 Å². The van der Waals surface area contributed by atoms with Gasteiger partial charge in [0.05, 0.1) is 13.7 Å². The van der Waals surface area contributed by atoms with E-state index in [1.807, 2.05) is 42.2 Å². The van der Waals surface area contributed by atoms with Crippen LogP contribution in [0.4, 0.5) is 5.69 Å². The number of methoxy groups -OCH3 is 1. The van der Waals surface area contributed by atoms with Crippen LogP contribution in [-0.4, -0.2) is 43.5 Å². The van der Waals surface area contributed by atoms with E-state index in [9.17, 15) is 9.59 Å². The summed E-state index contributed by atoms with van der Waals surface area (Å²) >= 11 is 0. The van der Waals surface area contributed by atoms with Gasteiger partial charge in [-0.25, -0.2) is 0 Å². The number of benzene rings is 2. The first-order valence-electron chi connectivity index (χ1n) is 11.2. The zero-order valence-corrected chi connectivity index (χ0v) is 19.1. The van der Waals surface area contributed by atoms with Gasteiger partial charge >= 0.3 is 0 Å². The van der Waals surface area contributed by atoms with E-state index in [1.165, 1.54) is 6.08 Å². The summed E-state index contributed by atoms with van der Waals surface area (Å²) in [5.74, 6) is 1.09. The van der Waals surface area contributed by atoms with Crippen LogP contribution in [0.2, 0.25) is 0 Å². The largest absolute Gasteiger partial charge is 0.493 e. The van der Waals surface area contributed by atoms with E-state index in [4.69, 9.17) is 9.47 Å². The number of amides is 2. The summed E-state index contributed by atoms with van der Waals surface area (Å²) < 4.78 is 11.2. The number of nitrogens with zero attached hydrogens (tertiary/aromatic N) is 1. The lowest BCUT2D eigenvalue weighted by molar-refractivity contribution is -0.111. The van der Waals surface area contributed by atoms with Crippen LogP contribution < -0.4 is 14.8 Å². The molecule has 1 heterocycles. The van der Waals surface area contributed by atoms with Gasteiger partial charge in [-0.3, -0.25) is 9.59 Å². The molecule has 2 aromatic carbocycles. The van der Waals surface area contributed by atoms with E-state index >= 15 is 0 Å². The molecule has 0 saturated carbocycles. The molecule has 32 heavy (non-hydrogen) atoms. The quantitative estimate of drug-likeness (QED) is 0.440. The third kappa shape index (κ3) is 5.90. The molecule has 1 aliphatic heterocycles. The molecule has 3 rings (SSSR count). The minimum absolute atomic E-state index is 0.0278.